The number of guanidine groups is 1. The molecule has 24 heavy (non-hydrogen) atoms. The SMILES string of the molecule is CC(C)CN1CCC[C@@H]1CN=C(N)N1CCN(c2nccs2)CC1. The summed E-state index contributed by atoms with van der Waals surface area (Å²) in [5.74, 6) is 1.43. The van der Waals surface area contributed by atoms with E-state index < -0.39 is 0 Å². The lowest BCUT2D eigenvalue weighted by Gasteiger charge is -2.35. The highest BCUT2D eigenvalue weighted by Gasteiger charge is 2.25. The Morgan fingerprint density at radius 1 is 1.33 bits per heavy atom. The van der Waals surface area contributed by atoms with Gasteiger partial charge in [-0.05, 0) is 25.3 Å². The van der Waals surface area contributed by atoms with E-state index in [4.69, 9.17) is 10.7 Å². The number of likely N-dealkylation sites (tertiary alicyclic amines) is 1. The zero-order valence-electron chi connectivity index (χ0n) is 14.9. The molecule has 3 heterocycles. The quantitative estimate of drug-likeness (QED) is 0.647. The molecule has 0 amide bonds. The lowest BCUT2D eigenvalue weighted by molar-refractivity contribution is 0.230. The van der Waals surface area contributed by atoms with Crippen LogP contribution in [0, 0.1) is 5.92 Å². The summed E-state index contributed by atoms with van der Waals surface area (Å²) in [6, 6.07) is 0.572. The highest BCUT2D eigenvalue weighted by molar-refractivity contribution is 7.13. The van der Waals surface area contributed by atoms with Crippen LogP contribution in [0.5, 0.6) is 0 Å². The van der Waals surface area contributed by atoms with Gasteiger partial charge >= 0.3 is 0 Å². The van der Waals surface area contributed by atoms with Crippen LogP contribution in [-0.2, 0) is 0 Å². The Hall–Kier alpha value is -1.34. The molecule has 0 radical (unpaired) electrons. The van der Waals surface area contributed by atoms with E-state index in [1.807, 2.05) is 11.6 Å². The number of nitrogens with zero attached hydrogens (tertiary/aromatic N) is 5. The first-order chi connectivity index (χ1) is 11.6. The number of thiazole rings is 1. The molecule has 1 aromatic heterocycles. The van der Waals surface area contributed by atoms with E-state index in [0.717, 1.165) is 37.9 Å². The van der Waals surface area contributed by atoms with E-state index in [1.54, 1.807) is 11.3 Å². The molecule has 0 aliphatic carbocycles. The third-order valence-electron chi connectivity index (χ3n) is 4.86. The number of hydrogen-bond donors (Lipinski definition) is 1. The fourth-order valence-corrected chi connectivity index (χ4v) is 4.31. The van der Waals surface area contributed by atoms with Crippen molar-refractivity contribution in [1.29, 1.82) is 0 Å². The first kappa shape index (κ1) is 17.5. The third kappa shape index (κ3) is 4.39. The van der Waals surface area contributed by atoms with E-state index in [2.05, 4.69) is 33.5 Å². The molecule has 0 aromatic carbocycles. The van der Waals surface area contributed by atoms with E-state index >= 15 is 0 Å². The van der Waals surface area contributed by atoms with Crippen molar-refractivity contribution in [2.24, 2.45) is 16.6 Å². The second-order valence-corrected chi connectivity index (χ2v) is 8.05. The summed E-state index contributed by atoms with van der Waals surface area (Å²) in [5, 5.41) is 3.14. The molecule has 2 aliphatic heterocycles. The van der Waals surface area contributed by atoms with E-state index in [1.165, 1.54) is 25.9 Å². The summed E-state index contributed by atoms with van der Waals surface area (Å²) in [7, 11) is 0. The van der Waals surface area contributed by atoms with E-state index in [-0.39, 0.29) is 0 Å². The molecule has 0 unspecified atom stereocenters. The number of anilines is 1. The Balaban J connectivity index is 1.48. The molecule has 2 saturated heterocycles. The maximum absolute atomic E-state index is 6.26. The van der Waals surface area contributed by atoms with E-state index in [9.17, 15) is 0 Å². The summed E-state index contributed by atoms with van der Waals surface area (Å²) in [5.41, 5.74) is 6.26. The van der Waals surface area contributed by atoms with Gasteiger partial charge in [0, 0.05) is 50.3 Å². The molecule has 6 nitrogen and oxygen atoms in total. The molecule has 3 rings (SSSR count). The summed E-state index contributed by atoms with van der Waals surface area (Å²) < 4.78 is 0. The van der Waals surface area contributed by atoms with Crippen LogP contribution < -0.4 is 10.6 Å². The number of aromatic nitrogens is 1. The van der Waals surface area contributed by atoms with Crippen LogP contribution in [0.2, 0.25) is 0 Å². The summed E-state index contributed by atoms with van der Waals surface area (Å²) >= 11 is 1.70. The van der Waals surface area contributed by atoms with Crippen LogP contribution in [0.1, 0.15) is 26.7 Å². The topological polar surface area (TPSA) is 61.0 Å². The van der Waals surface area contributed by atoms with Crippen molar-refractivity contribution >= 4 is 22.4 Å². The highest BCUT2D eigenvalue weighted by atomic mass is 32.1. The van der Waals surface area contributed by atoms with E-state index in [0.29, 0.717) is 17.9 Å². The van der Waals surface area contributed by atoms with Crippen molar-refractivity contribution in [3.8, 4) is 0 Å². The van der Waals surface area contributed by atoms with Gasteiger partial charge in [0.15, 0.2) is 11.1 Å². The molecule has 2 N–H and O–H groups in total. The molecular formula is C17H30N6S. The standard InChI is InChI=1S/C17H30N6S/c1-14(2)13-23-6-3-4-15(23)12-20-16(18)21-7-9-22(10-8-21)17-19-5-11-24-17/h5,11,14-15H,3-4,6-10,12-13H2,1-2H3,(H2,18,20)/t15-/m1/s1. The van der Waals surface area contributed by atoms with Crippen LogP contribution >= 0.6 is 11.3 Å². The van der Waals surface area contributed by atoms with Crippen LogP contribution in [0.25, 0.3) is 0 Å². The van der Waals surface area contributed by atoms with Gasteiger partial charge < -0.3 is 15.5 Å². The van der Waals surface area contributed by atoms with Crippen molar-refractivity contribution < 1.29 is 0 Å². The molecule has 134 valence electrons. The lowest BCUT2D eigenvalue weighted by Crippen LogP contribution is -2.51. The Morgan fingerprint density at radius 3 is 2.79 bits per heavy atom. The molecule has 7 heteroatoms. The number of rotatable bonds is 5. The van der Waals surface area contributed by atoms with Crippen molar-refractivity contribution in [3.63, 3.8) is 0 Å². The molecule has 1 atom stereocenters. The maximum Gasteiger partial charge on any atom is 0.191 e. The average Bonchev–Trinajstić information content (AvgIpc) is 3.24. The zero-order valence-corrected chi connectivity index (χ0v) is 15.7. The summed E-state index contributed by atoms with van der Waals surface area (Å²) in [4.78, 5) is 16.2. The monoisotopic (exact) mass is 350 g/mol. The molecule has 2 fully saturated rings. The lowest BCUT2D eigenvalue weighted by atomic mass is 10.2. The number of hydrogen-bond acceptors (Lipinski definition) is 5. The van der Waals surface area contributed by atoms with Gasteiger partial charge in [0.05, 0.1) is 6.54 Å². The Bertz CT molecular complexity index is 521. The normalized spacial score (nSPS) is 23.5. The van der Waals surface area contributed by atoms with Crippen molar-refractivity contribution in [1.82, 2.24) is 14.8 Å². The van der Waals surface area contributed by atoms with Crippen LogP contribution in [-0.4, -0.2) is 72.6 Å². The molecule has 0 spiro atoms. The van der Waals surface area contributed by atoms with Gasteiger partial charge in [-0.25, -0.2) is 4.98 Å². The van der Waals surface area contributed by atoms with Gasteiger partial charge in [0.25, 0.3) is 0 Å². The van der Waals surface area contributed by atoms with Crippen molar-refractivity contribution in [2.75, 3.05) is 50.7 Å². The molecule has 0 saturated carbocycles. The Kier molecular flexibility index (Phi) is 5.94. The largest absolute Gasteiger partial charge is 0.370 e. The average molecular weight is 351 g/mol. The third-order valence-corrected chi connectivity index (χ3v) is 5.69. The Morgan fingerprint density at radius 2 is 2.12 bits per heavy atom. The van der Waals surface area contributed by atoms with Gasteiger partial charge in [0.2, 0.25) is 0 Å². The molecule has 2 aliphatic rings. The van der Waals surface area contributed by atoms with Gasteiger partial charge in [-0.1, -0.05) is 13.8 Å². The van der Waals surface area contributed by atoms with Gasteiger partial charge in [0.1, 0.15) is 0 Å². The highest BCUT2D eigenvalue weighted by Crippen LogP contribution is 2.20. The van der Waals surface area contributed by atoms with Gasteiger partial charge in [-0.15, -0.1) is 11.3 Å². The minimum absolute atomic E-state index is 0.572. The first-order valence-electron chi connectivity index (χ1n) is 9.07. The van der Waals surface area contributed by atoms with Crippen LogP contribution in [0.4, 0.5) is 5.13 Å². The molecule has 0 bridgehead atoms. The molecular weight excluding hydrogens is 320 g/mol. The van der Waals surface area contributed by atoms with Crippen molar-refractivity contribution in [3.05, 3.63) is 11.6 Å². The number of aliphatic imine (C=N–C) groups is 1. The first-order valence-corrected chi connectivity index (χ1v) is 9.95. The smallest absolute Gasteiger partial charge is 0.191 e. The van der Waals surface area contributed by atoms with Crippen LogP contribution in [0.3, 0.4) is 0 Å². The minimum atomic E-state index is 0.572. The summed E-state index contributed by atoms with van der Waals surface area (Å²) in [6.07, 6.45) is 4.41. The number of nitrogens with two attached hydrogens (primary N) is 1. The van der Waals surface area contributed by atoms with Crippen molar-refractivity contribution in [2.45, 2.75) is 32.7 Å². The predicted octanol–water partition coefficient (Wildman–Crippen LogP) is 1.70. The zero-order chi connectivity index (χ0) is 16.9. The second-order valence-electron chi connectivity index (χ2n) is 7.17. The summed E-state index contributed by atoms with van der Waals surface area (Å²) in [6.45, 7) is 11.6. The Labute approximate surface area is 149 Å². The van der Waals surface area contributed by atoms with Crippen LogP contribution in [0.15, 0.2) is 16.6 Å². The predicted molar refractivity (Wildman–Crippen MR) is 102 cm³/mol. The molecule has 1 aromatic rings. The second kappa shape index (κ2) is 8.16. The maximum atomic E-state index is 6.26. The van der Waals surface area contributed by atoms with Gasteiger partial charge in [-0.3, -0.25) is 9.89 Å². The van der Waals surface area contributed by atoms with Gasteiger partial charge in [-0.2, -0.15) is 0 Å². The number of piperazine rings is 1. The fourth-order valence-electron chi connectivity index (χ4n) is 3.61. The fraction of sp³-hybridized carbons (Fsp3) is 0.765. The minimum Gasteiger partial charge on any atom is -0.370 e.